The van der Waals surface area contributed by atoms with Gasteiger partial charge in [0, 0.05) is 5.02 Å². The Hall–Kier alpha value is -2.44. The third-order valence-electron chi connectivity index (χ3n) is 3.30. The van der Waals surface area contributed by atoms with Crippen molar-refractivity contribution in [2.24, 2.45) is 0 Å². The van der Waals surface area contributed by atoms with Crippen molar-refractivity contribution in [1.82, 2.24) is 10.9 Å². The maximum absolute atomic E-state index is 11.7. The third-order valence-corrected chi connectivity index (χ3v) is 3.83. The smallest absolute Gasteiger partial charge is 0.276 e. The van der Waals surface area contributed by atoms with E-state index in [-0.39, 0.29) is 18.2 Å². The highest BCUT2D eigenvalue weighted by molar-refractivity contribution is 6.35. The van der Waals surface area contributed by atoms with Crippen LogP contribution in [0.15, 0.2) is 42.5 Å². The number of hydrogen-bond acceptors (Lipinski definition) is 4. The summed E-state index contributed by atoms with van der Waals surface area (Å²) in [7, 11) is 0. The van der Waals surface area contributed by atoms with E-state index < -0.39 is 11.8 Å². The summed E-state index contributed by atoms with van der Waals surface area (Å²) in [5.74, 6) is -0.153. The SMILES string of the molecule is CCc1ccc(OCC(=O)NNC(=O)COc2ccc(Cl)cc2Cl)cc1. The van der Waals surface area contributed by atoms with E-state index in [1.165, 1.54) is 11.6 Å². The largest absolute Gasteiger partial charge is 0.484 e. The van der Waals surface area contributed by atoms with E-state index in [9.17, 15) is 9.59 Å². The van der Waals surface area contributed by atoms with Crippen LogP contribution in [0.25, 0.3) is 0 Å². The fourth-order valence-electron chi connectivity index (χ4n) is 1.92. The molecular formula is C18H18Cl2N2O4. The van der Waals surface area contributed by atoms with Crippen LogP contribution in [0.2, 0.25) is 10.0 Å². The Kier molecular flexibility index (Phi) is 7.56. The lowest BCUT2D eigenvalue weighted by Crippen LogP contribution is -2.45. The van der Waals surface area contributed by atoms with Gasteiger partial charge in [-0.15, -0.1) is 0 Å². The molecule has 6 nitrogen and oxygen atoms in total. The Morgan fingerprint density at radius 1 is 0.923 bits per heavy atom. The summed E-state index contributed by atoms with van der Waals surface area (Å²) in [4.78, 5) is 23.4. The Bertz CT molecular complexity index is 766. The predicted octanol–water partition coefficient (Wildman–Crippen LogP) is 3.16. The number of aryl methyl sites for hydroxylation is 1. The van der Waals surface area contributed by atoms with E-state index in [2.05, 4.69) is 17.8 Å². The van der Waals surface area contributed by atoms with Crippen molar-refractivity contribution < 1.29 is 19.1 Å². The second kappa shape index (κ2) is 9.89. The molecule has 2 aromatic rings. The zero-order valence-electron chi connectivity index (χ0n) is 14.1. The first-order chi connectivity index (χ1) is 12.5. The minimum Gasteiger partial charge on any atom is -0.484 e. The zero-order chi connectivity index (χ0) is 18.9. The average Bonchev–Trinajstić information content (AvgIpc) is 2.64. The Balaban J connectivity index is 1.68. The quantitative estimate of drug-likeness (QED) is 0.704. The molecule has 0 aliphatic rings. The van der Waals surface area contributed by atoms with Crippen LogP contribution in [0.3, 0.4) is 0 Å². The van der Waals surface area contributed by atoms with Crippen molar-refractivity contribution in [1.29, 1.82) is 0 Å². The molecule has 0 spiro atoms. The highest BCUT2D eigenvalue weighted by Gasteiger charge is 2.08. The lowest BCUT2D eigenvalue weighted by Gasteiger charge is -2.10. The number of carbonyl (C=O) groups excluding carboxylic acids is 2. The summed E-state index contributed by atoms with van der Waals surface area (Å²) in [5, 5.41) is 0.750. The van der Waals surface area contributed by atoms with Crippen molar-refractivity contribution in [3.8, 4) is 11.5 Å². The van der Waals surface area contributed by atoms with E-state index in [1.54, 1.807) is 24.3 Å². The molecule has 0 radical (unpaired) electrons. The highest BCUT2D eigenvalue weighted by atomic mass is 35.5. The number of carbonyl (C=O) groups is 2. The van der Waals surface area contributed by atoms with Gasteiger partial charge in [-0.05, 0) is 42.3 Å². The molecule has 0 bridgehead atoms. The first kappa shape index (κ1) is 19.9. The first-order valence-electron chi connectivity index (χ1n) is 7.85. The number of rotatable bonds is 7. The van der Waals surface area contributed by atoms with Gasteiger partial charge in [0.1, 0.15) is 11.5 Å². The summed E-state index contributed by atoms with van der Waals surface area (Å²) in [5.41, 5.74) is 5.64. The number of hydrogen-bond donors (Lipinski definition) is 2. The third kappa shape index (κ3) is 6.46. The van der Waals surface area contributed by atoms with Gasteiger partial charge in [0.05, 0.1) is 5.02 Å². The second-order valence-electron chi connectivity index (χ2n) is 5.25. The van der Waals surface area contributed by atoms with Crippen LogP contribution in [0.1, 0.15) is 12.5 Å². The van der Waals surface area contributed by atoms with E-state index in [0.717, 1.165) is 6.42 Å². The van der Waals surface area contributed by atoms with E-state index in [4.69, 9.17) is 32.7 Å². The van der Waals surface area contributed by atoms with Crippen LogP contribution in [0, 0.1) is 0 Å². The molecule has 0 aliphatic heterocycles. The Morgan fingerprint density at radius 2 is 1.54 bits per heavy atom. The van der Waals surface area contributed by atoms with Gasteiger partial charge in [-0.2, -0.15) is 0 Å². The fourth-order valence-corrected chi connectivity index (χ4v) is 2.38. The molecule has 0 aromatic heterocycles. The molecule has 0 fully saturated rings. The molecule has 2 aromatic carbocycles. The molecule has 0 aliphatic carbocycles. The summed E-state index contributed by atoms with van der Waals surface area (Å²) in [6, 6.07) is 12.1. The lowest BCUT2D eigenvalue weighted by atomic mass is 10.2. The molecular weight excluding hydrogens is 379 g/mol. The molecule has 0 unspecified atom stereocenters. The number of nitrogens with one attached hydrogen (secondary N) is 2. The standard InChI is InChI=1S/C18H18Cl2N2O4/c1-2-12-3-6-14(7-4-12)25-10-17(23)21-22-18(24)11-26-16-8-5-13(19)9-15(16)20/h3-9H,2,10-11H2,1H3,(H,21,23)(H,22,24). The predicted molar refractivity (Wildman–Crippen MR) is 99.6 cm³/mol. The number of halogens is 2. The molecule has 2 N–H and O–H groups in total. The number of ether oxygens (including phenoxy) is 2. The van der Waals surface area contributed by atoms with Gasteiger partial charge < -0.3 is 9.47 Å². The van der Waals surface area contributed by atoms with Crippen LogP contribution >= 0.6 is 23.2 Å². The minimum atomic E-state index is -0.545. The van der Waals surface area contributed by atoms with Gasteiger partial charge in [0.25, 0.3) is 11.8 Å². The minimum absolute atomic E-state index is 0.227. The summed E-state index contributed by atoms with van der Waals surface area (Å²) < 4.78 is 10.6. The molecule has 0 atom stereocenters. The normalized spacial score (nSPS) is 10.1. The molecule has 0 saturated carbocycles. The van der Waals surface area contributed by atoms with Crippen molar-refractivity contribution in [2.45, 2.75) is 13.3 Å². The molecule has 138 valence electrons. The maximum Gasteiger partial charge on any atom is 0.276 e. The lowest BCUT2D eigenvalue weighted by molar-refractivity contribution is -0.131. The van der Waals surface area contributed by atoms with Crippen LogP contribution in [0.4, 0.5) is 0 Å². The number of hydrazine groups is 1. The van der Waals surface area contributed by atoms with Gasteiger partial charge in [-0.25, -0.2) is 0 Å². The van der Waals surface area contributed by atoms with Crippen LogP contribution in [0.5, 0.6) is 11.5 Å². The van der Waals surface area contributed by atoms with Crippen molar-refractivity contribution in [3.63, 3.8) is 0 Å². The Morgan fingerprint density at radius 3 is 2.12 bits per heavy atom. The van der Waals surface area contributed by atoms with Crippen LogP contribution < -0.4 is 20.3 Å². The maximum atomic E-state index is 11.7. The van der Waals surface area contributed by atoms with Crippen molar-refractivity contribution in [3.05, 3.63) is 58.1 Å². The van der Waals surface area contributed by atoms with Gasteiger partial charge in [-0.1, -0.05) is 42.3 Å². The summed E-state index contributed by atoms with van der Waals surface area (Å²) >= 11 is 11.7. The molecule has 26 heavy (non-hydrogen) atoms. The van der Waals surface area contributed by atoms with Crippen LogP contribution in [-0.4, -0.2) is 25.0 Å². The zero-order valence-corrected chi connectivity index (χ0v) is 15.6. The van der Waals surface area contributed by atoms with Gasteiger partial charge in [0.15, 0.2) is 13.2 Å². The molecule has 8 heteroatoms. The molecule has 2 rings (SSSR count). The van der Waals surface area contributed by atoms with Gasteiger partial charge in [-0.3, -0.25) is 20.4 Å². The van der Waals surface area contributed by atoms with Crippen molar-refractivity contribution >= 4 is 35.0 Å². The van der Waals surface area contributed by atoms with E-state index in [0.29, 0.717) is 16.5 Å². The fraction of sp³-hybridized carbons (Fsp3) is 0.222. The topological polar surface area (TPSA) is 76.7 Å². The Labute approximate surface area is 161 Å². The molecule has 0 saturated heterocycles. The average molecular weight is 397 g/mol. The van der Waals surface area contributed by atoms with E-state index >= 15 is 0 Å². The highest BCUT2D eigenvalue weighted by Crippen LogP contribution is 2.27. The van der Waals surface area contributed by atoms with Crippen molar-refractivity contribution in [2.75, 3.05) is 13.2 Å². The van der Waals surface area contributed by atoms with Gasteiger partial charge in [0.2, 0.25) is 0 Å². The summed E-state index contributed by atoms with van der Waals surface area (Å²) in [6.07, 6.45) is 0.927. The van der Waals surface area contributed by atoms with E-state index in [1.807, 2.05) is 12.1 Å². The molecule has 0 heterocycles. The molecule has 2 amide bonds. The second-order valence-corrected chi connectivity index (χ2v) is 6.09. The first-order valence-corrected chi connectivity index (χ1v) is 8.60. The number of benzene rings is 2. The monoisotopic (exact) mass is 396 g/mol. The number of amides is 2. The van der Waals surface area contributed by atoms with Gasteiger partial charge >= 0.3 is 0 Å². The van der Waals surface area contributed by atoms with Crippen LogP contribution in [-0.2, 0) is 16.0 Å². The summed E-state index contributed by atoms with van der Waals surface area (Å²) in [6.45, 7) is 1.51.